The lowest BCUT2D eigenvalue weighted by Gasteiger charge is -2.21. The van der Waals surface area contributed by atoms with Gasteiger partial charge in [-0.15, -0.1) is 0 Å². The van der Waals surface area contributed by atoms with E-state index in [1.165, 1.54) is 32.1 Å². The average Bonchev–Trinajstić information content (AvgIpc) is 2.34. The lowest BCUT2D eigenvalue weighted by atomic mass is 9.98. The van der Waals surface area contributed by atoms with Gasteiger partial charge in [-0.3, -0.25) is 0 Å². The molecule has 0 atom stereocenters. The van der Waals surface area contributed by atoms with Crippen molar-refractivity contribution in [2.45, 2.75) is 38.2 Å². The summed E-state index contributed by atoms with van der Waals surface area (Å²) < 4.78 is 128. The topological polar surface area (TPSA) is 18.5 Å². The molecule has 0 aromatic carbocycles. The van der Waals surface area contributed by atoms with E-state index < -0.39 is 21.8 Å². The Bertz CT molecular complexity index is 257. The summed E-state index contributed by atoms with van der Waals surface area (Å²) in [6, 6.07) is 0. The number of rotatable bonds is 4. The van der Waals surface area contributed by atoms with Crippen molar-refractivity contribution < 1.29 is 61.3 Å². The molecule has 0 aromatic heterocycles. The Kier molecular flexibility index (Phi) is 17.7. The molecule has 0 heterocycles. The summed E-state index contributed by atoms with van der Waals surface area (Å²) in [6.45, 7) is 1.50. The minimum atomic E-state index is -6.00. The van der Waals surface area contributed by atoms with Crippen LogP contribution in [-0.2, 0) is 9.47 Å². The zero-order valence-electron chi connectivity index (χ0n) is 13.6. The van der Waals surface area contributed by atoms with Crippen LogP contribution in [0.1, 0.15) is 32.1 Å². The van der Waals surface area contributed by atoms with Crippen LogP contribution in [0.3, 0.4) is 0 Å². The first-order valence-corrected chi connectivity index (χ1v) is 7.16. The van der Waals surface area contributed by atoms with Gasteiger partial charge < -0.3 is 61.3 Å². The second kappa shape index (κ2) is 15.3. The van der Waals surface area contributed by atoms with E-state index in [1.807, 2.05) is 0 Å². The molecule has 0 unspecified atom stereocenters. The quantitative estimate of drug-likeness (QED) is 0.322. The molecule has 0 aromatic rings. The van der Waals surface area contributed by atoms with E-state index in [-0.39, 0.29) is 0 Å². The molecule has 2 nitrogen and oxygen atoms in total. The monoisotopic (exact) mass is 419 g/mol. The maximum atomic E-state index is 9.75. The number of methoxy groups -OCH3 is 1. The normalized spacial score (nSPS) is 15.6. The van der Waals surface area contributed by atoms with E-state index in [2.05, 4.69) is 0 Å². The standard InChI is InChI=1S/C9H18O2.3BF4/c1-10-7-8-11-9-5-3-2-4-6-9;3*2-1(3,4)5/h9H,2-8H2,1H3;;;/q;3*-1. The highest BCUT2D eigenvalue weighted by molar-refractivity contribution is 6.50. The maximum absolute atomic E-state index is 9.75. The molecule has 0 aliphatic heterocycles. The van der Waals surface area contributed by atoms with E-state index in [0.717, 1.165) is 13.2 Å². The Balaban J connectivity index is -0.000000300. The summed E-state index contributed by atoms with van der Waals surface area (Å²) in [4.78, 5) is 0. The number of ether oxygens (including phenoxy) is 2. The van der Waals surface area contributed by atoms with Crippen molar-refractivity contribution in [1.29, 1.82) is 0 Å². The smallest absolute Gasteiger partial charge is 0.418 e. The molecule has 1 rings (SSSR count). The molecule has 0 bridgehead atoms. The Morgan fingerprint density at radius 2 is 0.923 bits per heavy atom. The lowest BCUT2D eigenvalue weighted by Crippen LogP contribution is -2.18. The van der Waals surface area contributed by atoms with Crippen LogP contribution in [0.2, 0.25) is 0 Å². The van der Waals surface area contributed by atoms with Crippen LogP contribution in [0.25, 0.3) is 0 Å². The van der Waals surface area contributed by atoms with E-state index in [0.29, 0.717) is 6.10 Å². The molecule has 1 fully saturated rings. The Morgan fingerprint density at radius 1 is 0.615 bits per heavy atom. The zero-order valence-corrected chi connectivity index (χ0v) is 13.6. The number of halogens is 12. The minimum absolute atomic E-state index is 0.527. The van der Waals surface area contributed by atoms with Crippen molar-refractivity contribution in [2.75, 3.05) is 20.3 Å². The van der Waals surface area contributed by atoms with E-state index >= 15 is 0 Å². The van der Waals surface area contributed by atoms with Gasteiger partial charge >= 0.3 is 21.8 Å². The first-order valence-electron chi connectivity index (χ1n) is 7.16. The van der Waals surface area contributed by atoms with Crippen LogP contribution in [0.15, 0.2) is 0 Å². The molecular weight excluding hydrogens is 401 g/mol. The molecule has 17 heteroatoms. The second-order valence-corrected chi connectivity index (χ2v) is 4.61. The van der Waals surface area contributed by atoms with Crippen LogP contribution < -0.4 is 0 Å². The predicted molar refractivity (Wildman–Crippen MR) is 75.3 cm³/mol. The van der Waals surface area contributed by atoms with Gasteiger partial charge in [0, 0.05) is 7.11 Å². The van der Waals surface area contributed by atoms with E-state index in [1.54, 1.807) is 7.11 Å². The fourth-order valence-electron chi connectivity index (χ4n) is 1.53. The fraction of sp³-hybridized carbons (Fsp3) is 1.00. The van der Waals surface area contributed by atoms with Crippen molar-refractivity contribution in [2.24, 2.45) is 0 Å². The Hall–Kier alpha value is -0.725. The molecule has 1 saturated carbocycles. The van der Waals surface area contributed by atoms with Gasteiger partial charge in [0.15, 0.2) is 0 Å². The van der Waals surface area contributed by atoms with Gasteiger partial charge in [0.2, 0.25) is 0 Å². The molecule has 0 amide bonds. The molecule has 1 aliphatic carbocycles. The van der Waals surface area contributed by atoms with Crippen molar-refractivity contribution in [3.8, 4) is 0 Å². The van der Waals surface area contributed by atoms with E-state index in [4.69, 9.17) is 9.47 Å². The lowest BCUT2D eigenvalue weighted by molar-refractivity contribution is -0.000149. The molecule has 0 radical (unpaired) electrons. The first kappa shape index (κ1) is 30.0. The van der Waals surface area contributed by atoms with Gasteiger partial charge in [-0.2, -0.15) is 0 Å². The van der Waals surface area contributed by atoms with Gasteiger partial charge in [-0.1, -0.05) is 19.3 Å². The van der Waals surface area contributed by atoms with Gasteiger partial charge in [0.25, 0.3) is 0 Å². The van der Waals surface area contributed by atoms with Crippen molar-refractivity contribution in [1.82, 2.24) is 0 Å². The van der Waals surface area contributed by atoms with Crippen LogP contribution in [0, 0.1) is 0 Å². The molecule has 0 spiro atoms. The zero-order chi connectivity index (χ0) is 21.4. The van der Waals surface area contributed by atoms with Crippen LogP contribution in [0.5, 0.6) is 0 Å². The summed E-state index contributed by atoms with van der Waals surface area (Å²) in [6.07, 6.45) is 7.12. The third-order valence-electron chi connectivity index (χ3n) is 2.19. The minimum Gasteiger partial charge on any atom is -0.418 e. The van der Waals surface area contributed by atoms with Gasteiger partial charge in [0.05, 0.1) is 19.3 Å². The molecule has 26 heavy (non-hydrogen) atoms. The Labute approximate surface area is 142 Å². The second-order valence-electron chi connectivity index (χ2n) is 4.61. The first-order chi connectivity index (χ1) is 11.4. The number of hydrogen-bond acceptors (Lipinski definition) is 2. The van der Waals surface area contributed by atoms with Crippen molar-refractivity contribution in [3.63, 3.8) is 0 Å². The van der Waals surface area contributed by atoms with Crippen molar-refractivity contribution >= 4 is 21.8 Å². The van der Waals surface area contributed by atoms with Crippen LogP contribution in [0.4, 0.5) is 51.8 Å². The van der Waals surface area contributed by atoms with Gasteiger partial charge in [-0.05, 0) is 12.8 Å². The molecule has 0 N–H and O–H groups in total. The highest BCUT2D eigenvalue weighted by atomic mass is 19.5. The van der Waals surface area contributed by atoms with Crippen LogP contribution >= 0.6 is 0 Å². The third kappa shape index (κ3) is 76.6. The average molecular weight is 419 g/mol. The molecule has 1 aliphatic rings. The summed E-state index contributed by atoms with van der Waals surface area (Å²) in [7, 11) is -16.3. The third-order valence-corrected chi connectivity index (χ3v) is 2.19. The number of hydrogen-bond donors (Lipinski definition) is 0. The summed E-state index contributed by atoms with van der Waals surface area (Å²) in [5.74, 6) is 0. The summed E-state index contributed by atoms with van der Waals surface area (Å²) >= 11 is 0. The molecule has 162 valence electrons. The van der Waals surface area contributed by atoms with Gasteiger partial charge in [0.1, 0.15) is 0 Å². The van der Waals surface area contributed by atoms with E-state index in [9.17, 15) is 51.8 Å². The summed E-state index contributed by atoms with van der Waals surface area (Å²) in [5, 5.41) is 0. The summed E-state index contributed by atoms with van der Waals surface area (Å²) in [5.41, 5.74) is 0. The Morgan fingerprint density at radius 3 is 1.19 bits per heavy atom. The predicted octanol–water partition coefficient (Wildman–Crippen LogP) is 5.88. The molecule has 0 saturated heterocycles. The van der Waals surface area contributed by atoms with Gasteiger partial charge in [-0.25, -0.2) is 0 Å². The fourth-order valence-corrected chi connectivity index (χ4v) is 1.53. The highest BCUT2D eigenvalue weighted by Crippen LogP contribution is 2.19. The highest BCUT2D eigenvalue weighted by Gasteiger charge is 2.21. The van der Waals surface area contributed by atoms with Crippen molar-refractivity contribution in [3.05, 3.63) is 0 Å². The largest absolute Gasteiger partial charge is 0.673 e. The van der Waals surface area contributed by atoms with Crippen LogP contribution in [-0.4, -0.2) is 48.2 Å². The SMILES string of the molecule is COCCOC1CCCCC1.F[B-](F)(F)F.F[B-](F)(F)F.F[B-](F)(F)F. The maximum Gasteiger partial charge on any atom is 0.673 e. The molecular formula is C9H18B3F12O2-3.